The van der Waals surface area contributed by atoms with Crippen molar-refractivity contribution in [1.82, 2.24) is 4.31 Å². The number of ether oxygens (including phenoxy) is 2. The van der Waals surface area contributed by atoms with Gasteiger partial charge in [-0.05, 0) is 55.4 Å². The number of esters is 1. The number of Topliss-reactive ketones (excluding diaryl/α,β-unsaturated/α-hetero) is 1. The Hall–Kier alpha value is -2.71. The lowest BCUT2D eigenvalue weighted by Gasteiger charge is -2.22. The molecule has 0 bridgehead atoms. The topological polar surface area (TPSA) is 90.0 Å². The van der Waals surface area contributed by atoms with E-state index in [0.717, 1.165) is 12.8 Å². The highest BCUT2D eigenvalue weighted by Gasteiger charge is 2.31. The van der Waals surface area contributed by atoms with Crippen LogP contribution in [0, 0.1) is 0 Å². The van der Waals surface area contributed by atoms with Gasteiger partial charge in [0.05, 0.1) is 12.7 Å². The molecule has 1 saturated carbocycles. The first-order valence-electron chi connectivity index (χ1n) is 11.9. The Labute approximate surface area is 201 Å². The van der Waals surface area contributed by atoms with Gasteiger partial charge in [-0.2, -0.15) is 4.31 Å². The molecule has 0 spiro atoms. The molecule has 2 aromatic carbocycles. The summed E-state index contributed by atoms with van der Waals surface area (Å²) in [5.74, 6) is -0.343. The maximum absolute atomic E-state index is 13.0. The molecule has 0 unspecified atom stereocenters. The van der Waals surface area contributed by atoms with E-state index in [4.69, 9.17) is 9.47 Å². The lowest BCUT2D eigenvalue weighted by Crippen LogP contribution is -2.28. The second kappa shape index (κ2) is 10.7. The Morgan fingerprint density at radius 3 is 2.21 bits per heavy atom. The van der Waals surface area contributed by atoms with Crippen molar-refractivity contribution in [3.05, 3.63) is 59.2 Å². The lowest BCUT2D eigenvalue weighted by molar-refractivity contribution is 0.0474. The summed E-state index contributed by atoms with van der Waals surface area (Å²) in [6, 6.07) is 11.7. The number of hydrogen-bond acceptors (Lipinski definition) is 6. The van der Waals surface area contributed by atoms with Crippen LogP contribution in [-0.2, 0) is 14.8 Å². The molecule has 34 heavy (non-hydrogen) atoms. The van der Waals surface area contributed by atoms with Gasteiger partial charge in [-0.25, -0.2) is 13.2 Å². The van der Waals surface area contributed by atoms with Gasteiger partial charge in [0, 0.05) is 18.7 Å². The fourth-order valence-corrected chi connectivity index (χ4v) is 6.45. The second-order valence-corrected chi connectivity index (χ2v) is 10.8. The number of carbonyl (C=O) groups is 2. The monoisotopic (exact) mass is 485 g/mol. The van der Waals surface area contributed by atoms with Crippen LogP contribution in [-0.4, -0.2) is 51.3 Å². The molecule has 0 radical (unpaired) electrons. The highest BCUT2D eigenvalue weighted by molar-refractivity contribution is 7.89. The molecule has 0 N–H and O–H groups in total. The molecule has 182 valence electrons. The van der Waals surface area contributed by atoms with E-state index in [1.807, 2.05) is 12.1 Å². The average Bonchev–Trinajstić information content (AvgIpc) is 3.43. The van der Waals surface area contributed by atoms with E-state index < -0.39 is 22.6 Å². The Balaban J connectivity index is 1.42. The number of sulfonamides is 1. The zero-order chi connectivity index (χ0) is 24.1. The summed E-state index contributed by atoms with van der Waals surface area (Å²) in [6.45, 7) is 0.463. The Morgan fingerprint density at radius 2 is 1.56 bits per heavy atom. The van der Waals surface area contributed by atoms with E-state index in [1.165, 1.54) is 67.3 Å². The second-order valence-electron chi connectivity index (χ2n) is 8.93. The third kappa shape index (κ3) is 5.33. The number of methoxy groups -OCH3 is 1. The van der Waals surface area contributed by atoms with Gasteiger partial charge >= 0.3 is 5.97 Å². The van der Waals surface area contributed by atoms with Crippen LogP contribution in [0.2, 0.25) is 0 Å². The fraction of sp³-hybridized carbons (Fsp3) is 0.462. The summed E-state index contributed by atoms with van der Waals surface area (Å²) in [5.41, 5.74) is 1.79. The predicted molar refractivity (Wildman–Crippen MR) is 128 cm³/mol. The molecule has 7 nitrogen and oxygen atoms in total. The largest absolute Gasteiger partial charge is 0.495 e. The van der Waals surface area contributed by atoms with Crippen molar-refractivity contribution >= 4 is 21.8 Å². The Kier molecular flexibility index (Phi) is 7.68. The summed E-state index contributed by atoms with van der Waals surface area (Å²) in [7, 11) is -2.41. The van der Waals surface area contributed by atoms with Crippen molar-refractivity contribution in [1.29, 1.82) is 0 Å². The molecular formula is C26H31NO6S. The summed E-state index contributed by atoms with van der Waals surface area (Å²) in [4.78, 5) is 25.1. The first kappa shape index (κ1) is 24.4. The van der Waals surface area contributed by atoms with Crippen molar-refractivity contribution in [2.75, 3.05) is 26.8 Å². The molecule has 1 aliphatic heterocycles. The SMILES string of the molecule is COc1ccc(C(=O)OCC(=O)c2ccc(C3CCCCC3)cc2)cc1S(=O)(=O)N1CCCC1. The standard InChI is InChI=1S/C26H31NO6S/c1-32-24-14-13-22(17-25(24)34(30,31)27-15-5-6-16-27)26(29)33-18-23(28)21-11-9-20(10-12-21)19-7-3-2-4-8-19/h9-14,17,19H,2-8,15-16,18H2,1H3. The molecule has 2 fully saturated rings. The first-order chi connectivity index (χ1) is 16.4. The summed E-state index contributed by atoms with van der Waals surface area (Å²) < 4.78 is 37.9. The van der Waals surface area contributed by atoms with Gasteiger partial charge in [0.25, 0.3) is 0 Å². The van der Waals surface area contributed by atoms with Crippen LogP contribution in [0.4, 0.5) is 0 Å². The lowest BCUT2D eigenvalue weighted by atomic mass is 9.84. The van der Waals surface area contributed by atoms with Gasteiger partial charge in [-0.1, -0.05) is 43.5 Å². The van der Waals surface area contributed by atoms with Gasteiger partial charge in [0.15, 0.2) is 12.4 Å². The van der Waals surface area contributed by atoms with Crippen LogP contribution in [0.3, 0.4) is 0 Å². The van der Waals surface area contributed by atoms with Crippen molar-refractivity contribution in [2.24, 2.45) is 0 Å². The minimum Gasteiger partial charge on any atom is -0.495 e. The highest BCUT2D eigenvalue weighted by Crippen LogP contribution is 2.33. The third-order valence-electron chi connectivity index (χ3n) is 6.73. The molecule has 0 atom stereocenters. The molecular weight excluding hydrogens is 454 g/mol. The number of rotatable bonds is 8. The van der Waals surface area contributed by atoms with Crippen molar-refractivity contribution in [3.63, 3.8) is 0 Å². The summed E-state index contributed by atoms with van der Waals surface area (Å²) in [5, 5.41) is 0. The predicted octanol–water partition coefficient (Wildman–Crippen LogP) is 4.57. The molecule has 1 saturated heterocycles. The number of hydrogen-bond donors (Lipinski definition) is 0. The average molecular weight is 486 g/mol. The maximum atomic E-state index is 13.0. The molecule has 2 aliphatic rings. The summed E-state index contributed by atoms with van der Waals surface area (Å²) >= 11 is 0. The van der Waals surface area contributed by atoms with Crippen LogP contribution in [0.1, 0.15) is 77.1 Å². The van der Waals surface area contributed by atoms with E-state index >= 15 is 0 Å². The van der Waals surface area contributed by atoms with Crippen LogP contribution in [0.25, 0.3) is 0 Å². The van der Waals surface area contributed by atoms with Gasteiger partial charge in [-0.15, -0.1) is 0 Å². The van der Waals surface area contributed by atoms with Crippen molar-refractivity contribution < 1.29 is 27.5 Å². The van der Waals surface area contributed by atoms with Gasteiger partial charge in [0.1, 0.15) is 10.6 Å². The zero-order valence-electron chi connectivity index (χ0n) is 19.5. The maximum Gasteiger partial charge on any atom is 0.338 e. The molecule has 8 heteroatoms. The highest BCUT2D eigenvalue weighted by atomic mass is 32.2. The zero-order valence-corrected chi connectivity index (χ0v) is 20.3. The molecule has 1 heterocycles. The van der Waals surface area contributed by atoms with Crippen molar-refractivity contribution in [2.45, 2.75) is 55.8 Å². The van der Waals surface area contributed by atoms with E-state index in [-0.39, 0.29) is 22.0 Å². The normalized spacial score (nSPS) is 17.4. The van der Waals surface area contributed by atoms with Gasteiger partial charge < -0.3 is 9.47 Å². The molecule has 2 aromatic rings. The van der Waals surface area contributed by atoms with Crippen LogP contribution >= 0.6 is 0 Å². The molecule has 0 aromatic heterocycles. The molecule has 1 aliphatic carbocycles. The Bertz CT molecular complexity index is 1130. The fourth-order valence-electron chi connectivity index (χ4n) is 4.75. The van der Waals surface area contributed by atoms with Crippen LogP contribution in [0.15, 0.2) is 47.4 Å². The number of carbonyl (C=O) groups excluding carboxylic acids is 2. The molecule has 4 rings (SSSR count). The number of ketones is 1. The number of nitrogens with zero attached hydrogens (tertiary/aromatic N) is 1. The Morgan fingerprint density at radius 1 is 0.912 bits per heavy atom. The summed E-state index contributed by atoms with van der Waals surface area (Å²) in [6.07, 6.45) is 7.74. The third-order valence-corrected chi connectivity index (χ3v) is 8.65. The van der Waals surface area contributed by atoms with Crippen molar-refractivity contribution in [3.8, 4) is 5.75 Å². The van der Waals surface area contributed by atoms with Crippen LogP contribution < -0.4 is 4.74 Å². The van der Waals surface area contributed by atoms with E-state index in [9.17, 15) is 18.0 Å². The van der Waals surface area contributed by atoms with E-state index in [0.29, 0.717) is 24.6 Å². The quantitative estimate of drug-likeness (QED) is 0.402. The number of benzene rings is 2. The van der Waals surface area contributed by atoms with Crippen LogP contribution in [0.5, 0.6) is 5.75 Å². The van der Waals surface area contributed by atoms with E-state index in [1.54, 1.807) is 12.1 Å². The van der Waals surface area contributed by atoms with Gasteiger partial charge in [0.2, 0.25) is 10.0 Å². The minimum atomic E-state index is -3.79. The first-order valence-corrected chi connectivity index (χ1v) is 13.3. The smallest absolute Gasteiger partial charge is 0.338 e. The van der Waals surface area contributed by atoms with E-state index in [2.05, 4.69) is 0 Å². The van der Waals surface area contributed by atoms with Gasteiger partial charge in [-0.3, -0.25) is 4.79 Å². The molecule has 0 amide bonds. The minimum absolute atomic E-state index is 0.0546.